The number of para-hydroxylation sites is 2. The molecule has 5 heteroatoms. The largest absolute Gasteiger partial charge is 0.506 e. The van der Waals surface area contributed by atoms with E-state index in [1.807, 2.05) is 24.3 Å². The SMILES string of the molecule is CCOC(=O)/C=C/CC(Nc1ccccc1O)c1cccc(Cl)c1. The monoisotopic (exact) mass is 345 g/mol. The van der Waals surface area contributed by atoms with Gasteiger partial charge in [-0.2, -0.15) is 0 Å². The molecule has 0 aliphatic heterocycles. The normalized spacial score (nSPS) is 12.1. The Hall–Kier alpha value is -2.46. The van der Waals surface area contributed by atoms with Gasteiger partial charge in [-0.05, 0) is 43.2 Å². The fourth-order valence-corrected chi connectivity index (χ4v) is 2.47. The molecule has 0 aliphatic carbocycles. The van der Waals surface area contributed by atoms with Crippen LogP contribution in [0.1, 0.15) is 24.9 Å². The molecule has 0 amide bonds. The van der Waals surface area contributed by atoms with Crippen LogP contribution in [0.25, 0.3) is 0 Å². The lowest BCUT2D eigenvalue weighted by atomic mass is 10.0. The molecule has 24 heavy (non-hydrogen) atoms. The van der Waals surface area contributed by atoms with E-state index in [0.717, 1.165) is 5.56 Å². The molecule has 2 rings (SSSR count). The predicted octanol–water partition coefficient (Wildman–Crippen LogP) is 4.71. The zero-order valence-corrected chi connectivity index (χ0v) is 14.2. The molecule has 0 radical (unpaired) electrons. The second kappa shape index (κ2) is 8.99. The van der Waals surface area contributed by atoms with Crippen LogP contribution in [0.15, 0.2) is 60.7 Å². The summed E-state index contributed by atoms with van der Waals surface area (Å²) in [6.07, 6.45) is 3.69. The Morgan fingerprint density at radius 2 is 2.08 bits per heavy atom. The van der Waals surface area contributed by atoms with Crippen molar-refractivity contribution in [1.82, 2.24) is 0 Å². The minimum atomic E-state index is -0.370. The molecule has 0 fully saturated rings. The Morgan fingerprint density at radius 3 is 2.79 bits per heavy atom. The molecule has 126 valence electrons. The number of halogens is 1. The molecule has 0 bridgehead atoms. The first-order valence-corrected chi connectivity index (χ1v) is 8.11. The van der Waals surface area contributed by atoms with Gasteiger partial charge in [0.05, 0.1) is 18.3 Å². The van der Waals surface area contributed by atoms with Gasteiger partial charge in [-0.15, -0.1) is 0 Å². The minimum Gasteiger partial charge on any atom is -0.506 e. The summed E-state index contributed by atoms with van der Waals surface area (Å²) in [4.78, 5) is 11.4. The van der Waals surface area contributed by atoms with Crippen molar-refractivity contribution in [3.63, 3.8) is 0 Å². The lowest BCUT2D eigenvalue weighted by Crippen LogP contribution is -2.10. The van der Waals surface area contributed by atoms with Crippen molar-refractivity contribution in [3.05, 3.63) is 71.3 Å². The second-order valence-electron chi connectivity index (χ2n) is 5.16. The van der Waals surface area contributed by atoms with E-state index in [4.69, 9.17) is 16.3 Å². The quantitative estimate of drug-likeness (QED) is 0.433. The molecular formula is C19H20ClNO3. The molecule has 0 heterocycles. The molecule has 0 saturated heterocycles. The molecule has 0 saturated carbocycles. The molecule has 4 nitrogen and oxygen atoms in total. The zero-order chi connectivity index (χ0) is 17.4. The smallest absolute Gasteiger partial charge is 0.330 e. The molecule has 1 atom stereocenters. The number of anilines is 1. The lowest BCUT2D eigenvalue weighted by molar-refractivity contribution is -0.137. The van der Waals surface area contributed by atoms with Crippen LogP contribution in [0.2, 0.25) is 5.02 Å². The third kappa shape index (κ3) is 5.32. The Bertz CT molecular complexity index is 715. The summed E-state index contributed by atoms with van der Waals surface area (Å²) in [5, 5.41) is 13.9. The highest BCUT2D eigenvalue weighted by atomic mass is 35.5. The number of ether oxygens (including phenoxy) is 1. The molecule has 2 aromatic carbocycles. The van der Waals surface area contributed by atoms with Gasteiger partial charge in [0, 0.05) is 11.1 Å². The number of benzene rings is 2. The fourth-order valence-electron chi connectivity index (χ4n) is 2.28. The van der Waals surface area contributed by atoms with Crippen molar-refractivity contribution in [2.75, 3.05) is 11.9 Å². The maximum atomic E-state index is 11.4. The van der Waals surface area contributed by atoms with Gasteiger partial charge in [-0.25, -0.2) is 4.79 Å². The molecule has 0 aliphatic rings. The molecular weight excluding hydrogens is 326 g/mol. The summed E-state index contributed by atoms with van der Waals surface area (Å²) in [5.41, 5.74) is 1.58. The van der Waals surface area contributed by atoms with Gasteiger partial charge in [-0.3, -0.25) is 0 Å². The number of hydrogen-bond acceptors (Lipinski definition) is 4. The Balaban J connectivity index is 2.18. The average molecular weight is 346 g/mol. The van der Waals surface area contributed by atoms with Crippen LogP contribution in [0, 0.1) is 0 Å². The first-order chi connectivity index (χ1) is 11.6. The van der Waals surface area contributed by atoms with Crippen molar-refractivity contribution in [2.45, 2.75) is 19.4 Å². The van der Waals surface area contributed by atoms with E-state index < -0.39 is 0 Å². The molecule has 0 aromatic heterocycles. The lowest BCUT2D eigenvalue weighted by Gasteiger charge is -2.20. The van der Waals surface area contributed by atoms with E-state index >= 15 is 0 Å². The number of rotatable bonds is 7. The molecule has 2 N–H and O–H groups in total. The summed E-state index contributed by atoms with van der Waals surface area (Å²) in [6, 6.07) is 14.3. The van der Waals surface area contributed by atoms with Gasteiger partial charge in [0.25, 0.3) is 0 Å². The van der Waals surface area contributed by atoms with Gasteiger partial charge < -0.3 is 15.2 Å². The van der Waals surface area contributed by atoms with Crippen LogP contribution in [-0.4, -0.2) is 17.7 Å². The van der Waals surface area contributed by atoms with Crippen molar-refractivity contribution in [2.24, 2.45) is 0 Å². The van der Waals surface area contributed by atoms with Gasteiger partial charge in [0.2, 0.25) is 0 Å². The van der Waals surface area contributed by atoms with Crippen LogP contribution >= 0.6 is 11.6 Å². The van der Waals surface area contributed by atoms with Crippen LogP contribution in [0.5, 0.6) is 5.75 Å². The van der Waals surface area contributed by atoms with Gasteiger partial charge in [-0.1, -0.05) is 41.9 Å². The summed E-state index contributed by atoms with van der Waals surface area (Å²) in [5.74, 6) is -0.205. The fraction of sp³-hybridized carbons (Fsp3) is 0.211. The van der Waals surface area contributed by atoms with Crippen LogP contribution in [0.3, 0.4) is 0 Å². The summed E-state index contributed by atoms with van der Waals surface area (Å²) in [6.45, 7) is 2.11. The van der Waals surface area contributed by atoms with Gasteiger partial charge in [0.15, 0.2) is 0 Å². The molecule has 1 unspecified atom stereocenters. The average Bonchev–Trinajstić information content (AvgIpc) is 2.56. The van der Waals surface area contributed by atoms with Crippen molar-refractivity contribution >= 4 is 23.3 Å². The van der Waals surface area contributed by atoms with Crippen LogP contribution in [-0.2, 0) is 9.53 Å². The van der Waals surface area contributed by atoms with Crippen LogP contribution in [0.4, 0.5) is 5.69 Å². The standard InChI is InChI=1S/C19H20ClNO3/c1-2-24-19(23)12-6-10-16(14-7-5-8-15(20)13-14)21-17-9-3-4-11-18(17)22/h3-9,11-13,16,21-22H,2,10H2,1H3/b12-6+. The van der Waals surface area contributed by atoms with E-state index in [9.17, 15) is 9.90 Å². The van der Waals surface area contributed by atoms with Gasteiger partial charge >= 0.3 is 5.97 Å². The van der Waals surface area contributed by atoms with Gasteiger partial charge in [0.1, 0.15) is 5.75 Å². The van der Waals surface area contributed by atoms with E-state index in [1.165, 1.54) is 6.08 Å². The number of phenolic OH excluding ortho intramolecular Hbond substituents is 1. The highest BCUT2D eigenvalue weighted by molar-refractivity contribution is 6.30. The highest BCUT2D eigenvalue weighted by Gasteiger charge is 2.12. The first kappa shape index (κ1) is 17.9. The summed E-state index contributed by atoms with van der Waals surface area (Å²) >= 11 is 6.08. The third-order valence-electron chi connectivity index (χ3n) is 3.40. The number of carbonyl (C=O) groups excluding carboxylic acids is 1. The molecule has 0 spiro atoms. The number of phenols is 1. The van der Waals surface area contributed by atoms with Crippen molar-refractivity contribution in [3.8, 4) is 5.75 Å². The van der Waals surface area contributed by atoms with Crippen LogP contribution < -0.4 is 5.32 Å². The van der Waals surface area contributed by atoms with Crippen molar-refractivity contribution in [1.29, 1.82) is 0 Å². The van der Waals surface area contributed by atoms with E-state index in [0.29, 0.717) is 23.7 Å². The number of carbonyl (C=O) groups is 1. The third-order valence-corrected chi connectivity index (χ3v) is 3.63. The topological polar surface area (TPSA) is 58.6 Å². The number of hydrogen-bond donors (Lipinski definition) is 2. The Kier molecular flexibility index (Phi) is 6.70. The molecule has 2 aromatic rings. The second-order valence-corrected chi connectivity index (χ2v) is 5.60. The number of esters is 1. The predicted molar refractivity (Wildman–Crippen MR) is 96.3 cm³/mol. The summed E-state index contributed by atoms with van der Waals surface area (Å²) in [7, 11) is 0. The number of nitrogens with one attached hydrogen (secondary N) is 1. The Morgan fingerprint density at radius 1 is 1.29 bits per heavy atom. The maximum absolute atomic E-state index is 11.4. The summed E-state index contributed by atoms with van der Waals surface area (Å²) < 4.78 is 4.88. The maximum Gasteiger partial charge on any atom is 0.330 e. The number of aromatic hydroxyl groups is 1. The van der Waals surface area contributed by atoms with E-state index in [-0.39, 0.29) is 17.8 Å². The Labute approximate surface area is 146 Å². The van der Waals surface area contributed by atoms with E-state index in [1.54, 1.807) is 37.3 Å². The zero-order valence-electron chi connectivity index (χ0n) is 13.4. The van der Waals surface area contributed by atoms with Crippen molar-refractivity contribution < 1.29 is 14.6 Å². The highest BCUT2D eigenvalue weighted by Crippen LogP contribution is 2.29. The van der Waals surface area contributed by atoms with E-state index in [2.05, 4.69) is 5.32 Å². The first-order valence-electron chi connectivity index (χ1n) is 7.73. The minimum absolute atomic E-state index is 0.150.